The predicted octanol–water partition coefficient (Wildman–Crippen LogP) is 7.34. The first-order chi connectivity index (χ1) is 14.7. The number of carbonyl (C=O) groups excluding carboxylic acids is 1. The lowest BCUT2D eigenvalue weighted by atomic mass is 9.72. The van der Waals surface area contributed by atoms with E-state index in [1.54, 1.807) is 0 Å². The van der Waals surface area contributed by atoms with Crippen molar-refractivity contribution in [3.8, 4) is 11.1 Å². The molecule has 0 fully saturated rings. The molecule has 0 aliphatic heterocycles. The van der Waals surface area contributed by atoms with Gasteiger partial charge in [-0.15, -0.1) is 0 Å². The summed E-state index contributed by atoms with van der Waals surface area (Å²) in [6.07, 6.45) is 8.60. The van der Waals surface area contributed by atoms with E-state index in [0.29, 0.717) is 24.7 Å². The maximum Gasteiger partial charge on any atom is 0.150 e. The van der Waals surface area contributed by atoms with Gasteiger partial charge in [0.1, 0.15) is 11.2 Å². The number of ketones is 1. The molecule has 1 atom stereocenters. The first-order valence-electron chi connectivity index (χ1n) is 12.0. The molecule has 162 valence electrons. The first-order valence-corrected chi connectivity index (χ1v) is 12.0. The number of unbranched alkanes of at least 4 members (excludes halogenated alkanes) is 3. The number of fused-ring (bicyclic) bond motifs is 3. The Morgan fingerprint density at radius 1 is 0.867 bits per heavy atom. The van der Waals surface area contributed by atoms with Crippen molar-refractivity contribution in [2.45, 2.75) is 77.6 Å². The summed E-state index contributed by atoms with van der Waals surface area (Å²) in [7, 11) is 0. The molecule has 0 spiro atoms. The van der Waals surface area contributed by atoms with Gasteiger partial charge >= 0.3 is 0 Å². The lowest BCUT2D eigenvalue weighted by Crippen LogP contribution is -2.41. The number of carbonyl (C=O) groups is 1. The molecule has 0 radical (unpaired) electrons. The highest BCUT2D eigenvalue weighted by atomic mass is 16.5. The van der Waals surface area contributed by atoms with Gasteiger partial charge in [0.15, 0.2) is 0 Å². The Hall–Kier alpha value is -1.93. The van der Waals surface area contributed by atoms with Crippen LogP contribution in [0, 0.1) is 5.92 Å². The van der Waals surface area contributed by atoms with Crippen molar-refractivity contribution < 1.29 is 9.53 Å². The van der Waals surface area contributed by atoms with Crippen LogP contribution in [0.3, 0.4) is 0 Å². The van der Waals surface area contributed by atoms with E-state index in [-0.39, 0.29) is 0 Å². The molecule has 1 aliphatic rings. The van der Waals surface area contributed by atoms with E-state index in [0.717, 1.165) is 37.0 Å². The molecule has 2 aromatic carbocycles. The van der Waals surface area contributed by atoms with Crippen molar-refractivity contribution in [1.82, 2.24) is 0 Å². The van der Waals surface area contributed by atoms with Crippen LogP contribution in [0.2, 0.25) is 0 Å². The summed E-state index contributed by atoms with van der Waals surface area (Å²) in [5.41, 5.74) is 3.99. The van der Waals surface area contributed by atoms with E-state index in [9.17, 15) is 4.79 Å². The van der Waals surface area contributed by atoms with Crippen LogP contribution in [0.25, 0.3) is 11.1 Å². The van der Waals surface area contributed by atoms with Crippen LogP contribution in [0.15, 0.2) is 48.5 Å². The van der Waals surface area contributed by atoms with Gasteiger partial charge in [-0.3, -0.25) is 4.79 Å². The van der Waals surface area contributed by atoms with Crippen LogP contribution >= 0.6 is 0 Å². The maximum atomic E-state index is 14.1. The SMILES string of the molecule is CCCCCOCC1(C(=O)CC(CC)CCCC)c2ccccc2-c2ccccc21. The standard InChI is InChI=1S/C28H38O2/c1-4-7-13-19-30-21-28(27(29)20-22(6-3)14-8-5-2)25-17-11-9-15-23(25)24-16-10-12-18-26(24)28/h9-12,15-18,22H,4-8,13-14,19-21H2,1-3H3. The normalized spacial score (nSPS) is 14.9. The van der Waals surface area contributed by atoms with Gasteiger partial charge in [-0.2, -0.15) is 0 Å². The summed E-state index contributed by atoms with van der Waals surface area (Å²) < 4.78 is 6.23. The average Bonchev–Trinajstić information content (AvgIpc) is 3.07. The minimum atomic E-state index is -0.668. The molecule has 2 aromatic rings. The van der Waals surface area contributed by atoms with Crippen LogP contribution in [0.4, 0.5) is 0 Å². The van der Waals surface area contributed by atoms with E-state index < -0.39 is 5.41 Å². The van der Waals surface area contributed by atoms with E-state index in [4.69, 9.17) is 4.74 Å². The molecule has 2 heteroatoms. The molecule has 0 aromatic heterocycles. The molecule has 0 heterocycles. The van der Waals surface area contributed by atoms with Gasteiger partial charge in [-0.1, -0.05) is 108 Å². The quantitative estimate of drug-likeness (QED) is 0.325. The number of hydrogen-bond donors (Lipinski definition) is 0. The van der Waals surface area contributed by atoms with Crippen LogP contribution in [-0.2, 0) is 14.9 Å². The Bertz CT molecular complexity index is 777. The van der Waals surface area contributed by atoms with Gasteiger partial charge in [0.05, 0.1) is 6.61 Å². The number of Topliss-reactive ketones (excluding diaryl/α,β-unsaturated/α-hetero) is 1. The van der Waals surface area contributed by atoms with Gasteiger partial charge in [-0.25, -0.2) is 0 Å². The fourth-order valence-corrected chi connectivity index (χ4v) is 4.92. The Labute approximate surface area is 183 Å². The fraction of sp³-hybridized carbons (Fsp3) is 0.536. The summed E-state index contributed by atoms with van der Waals surface area (Å²) in [6.45, 7) is 7.82. The van der Waals surface area contributed by atoms with E-state index >= 15 is 0 Å². The number of hydrogen-bond acceptors (Lipinski definition) is 2. The second kappa shape index (κ2) is 10.9. The second-order valence-corrected chi connectivity index (χ2v) is 8.80. The summed E-state index contributed by atoms with van der Waals surface area (Å²) in [5, 5.41) is 0. The van der Waals surface area contributed by atoms with Gasteiger partial charge in [0.2, 0.25) is 0 Å². The molecule has 0 saturated carbocycles. The lowest BCUT2D eigenvalue weighted by Gasteiger charge is -2.32. The molecule has 30 heavy (non-hydrogen) atoms. The Morgan fingerprint density at radius 2 is 1.47 bits per heavy atom. The van der Waals surface area contributed by atoms with Gasteiger partial charge in [0, 0.05) is 13.0 Å². The topological polar surface area (TPSA) is 26.3 Å². The van der Waals surface area contributed by atoms with Crippen LogP contribution in [-0.4, -0.2) is 19.0 Å². The first kappa shape index (κ1) is 22.7. The van der Waals surface area contributed by atoms with Crippen LogP contribution in [0.1, 0.15) is 83.3 Å². The predicted molar refractivity (Wildman–Crippen MR) is 126 cm³/mol. The van der Waals surface area contributed by atoms with E-state index in [1.807, 2.05) is 0 Å². The molecule has 0 bridgehead atoms. The van der Waals surface area contributed by atoms with Crippen molar-refractivity contribution >= 4 is 5.78 Å². The van der Waals surface area contributed by atoms with Crippen molar-refractivity contribution in [3.05, 3.63) is 59.7 Å². The summed E-state index contributed by atoms with van der Waals surface area (Å²) in [4.78, 5) is 14.1. The Kier molecular flexibility index (Phi) is 8.27. The van der Waals surface area contributed by atoms with Gasteiger partial charge < -0.3 is 4.74 Å². The highest BCUT2D eigenvalue weighted by Gasteiger charge is 2.48. The highest BCUT2D eigenvalue weighted by Crippen LogP contribution is 2.50. The second-order valence-electron chi connectivity index (χ2n) is 8.80. The highest BCUT2D eigenvalue weighted by molar-refractivity contribution is 6.02. The molecular formula is C28H38O2. The molecule has 3 rings (SSSR count). The Balaban J connectivity index is 1.97. The smallest absolute Gasteiger partial charge is 0.150 e. The van der Waals surface area contributed by atoms with Crippen molar-refractivity contribution in [1.29, 1.82) is 0 Å². The molecule has 1 unspecified atom stereocenters. The molecule has 0 N–H and O–H groups in total. The van der Waals surface area contributed by atoms with Gasteiger partial charge in [0.25, 0.3) is 0 Å². The van der Waals surface area contributed by atoms with Crippen LogP contribution in [0.5, 0.6) is 0 Å². The zero-order chi connectivity index (χ0) is 21.4. The maximum absolute atomic E-state index is 14.1. The zero-order valence-corrected chi connectivity index (χ0v) is 19.1. The average molecular weight is 407 g/mol. The minimum absolute atomic E-state index is 0.332. The summed E-state index contributed by atoms with van der Waals surface area (Å²) >= 11 is 0. The monoisotopic (exact) mass is 406 g/mol. The van der Waals surface area contributed by atoms with Crippen LogP contribution < -0.4 is 0 Å². The molecule has 2 nitrogen and oxygen atoms in total. The lowest BCUT2D eigenvalue weighted by molar-refractivity contribution is -0.126. The number of benzene rings is 2. The summed E-state index contributed by atoms with van der Waals surface area (Å²) in [6, 6.07) is 16.9. The van der Waals surface area contributed by atoms with E-state index in [2.05, 4.69) is 69.3 Å². The number of ether oxygens (including phenoxy) is 1. The largest absolute Gasteiger partial charge is 0.380 e. The van der Waals surface area contributed by atoms with Gasteiger partial charge in [-0.05, 0) is 34.6 Å². The minimum Gasteiger partial charge on any atom is -0.380 e. The number of rotatable bonds is 13. The third-order valence-electron chi connectivity index (χ3n) is 6.77. The molecular weight excluding hydrogens is 368 g/mol. The Morgan fingerprint density at radius 3 is 2.03 bits per heavy atom. The zero-order valence-electron chi connectivity index (χ0n) is 19.1. The molecule has 1 aliphatic carbocycles. The third-order valence-corrected chi connectivity index (χ3v) is 6.77. The molecule has 0 saturated heterocycles. The van der Waals surface area contributed by atoms with Crippen molar-refractivity contribution in [2.24, 2.45) is 5.92 Å². The summed E-state index contributed by atoms with van der Waals surface area (Å²) in [5.74, 6) is 0.785. The molecule has 0 amide bonds. The van der Waals surface area contributed by atoms with Crippen molar-refractivity contribution in [2.75, 3.05) is 13.2 Å². The van der Waals surface area contributed by atoms with Crippen molar-refractivity contribution in [3.63, 3.8) is 0 Å². The third kappa shape index (κ3) is 4.54. The fourth-order valence-electron chi connectivity index (χ4n) is 4.92. The van der Waals surface area contributed by atoms with E-state index in [1.165, 1.54) is 36.8 Å².